The number of hydrogen-bond donors (Lipinski definition) is 0. The SMILES string of the molecule is Cc1ccn(S(=O)(=O)c2cc(N3CCCC3=O)ccc2C)n1. The average molecular weight is 319 g/mol. The van der Waals surface area contributed by atoms with Crippen molar-refractivity contribution in [2.45, 2.75) is 31.6 Å². The molecule has 2 heterocycles. The van der Waals surface area contributed by atoms with Gasteiger partial charge in [0, 0.05) is 24.8 Å². The summed E-state index contributed by atoms with van der Waals surface area (Å²) in [5.74, 6) is 0.0298. The highest BCUT2D eigenvalue weighted by Gasteiger charge is 2.25. The van der Waals surface area contributed by atoms with E-state index in [-0.39, 0.29) is 10.8 Å². The zero-order chi connectivity index (χ0) is 15.9. The van der Waals surface area contributed by atoms with Crippen LogP contribution in [0.4, 0.5) is 5.69 Å². The molecule has 1 saturated heterocycles. The van der Waals surface area contributed by atoms with E-state index in [1.165, 1.54) is 6.20 Å². The Balaban J connectivity index is 2.08. The summed E-state index contributed by atoms with van der Waals surface area (Å²) >= 11 is 0. The molecule has 1 aliphatic heterocycles. The number of anilines is 1. The average Bonchev–Trinajstić information content (AvgIpc) is 3.08. The number of rotatable bonds is 3. The first-order valence-electron chi connectivity index (χ1n) is 7.08. The Morgan fingerprint density at radius 1 is 1.18 bits per heavy atom. The van der Waals surface area contributed by atoms with Gasteiger partial charge >= 0.3 is 0 Å². The molecule has 0 aliphatic carbocycles. The predicted molar refractivity (Wildman–Crippen MR) is 82.3 cm³/mol. The third-order valence-corrected chi connectivity index (χ3v) is 5.47. The van der Waals surface area contributed by atoms with Crippen molar-refractivity contribution in [2.24, 2.45) is 0 Å². The molecule has 0 N–H and O–H groups in total. The van der Waals surface area contributed by atoms with Gasteiger partial charge in [0.25, 0.3) is 10.0 Å². The van der Waals surface area contributed by atoms with E-state index in [0.29, 0.717) is 29.9 Å². The summed E-state index contributed by atoms with van der Waals surface area (Å²) < 4.78 is 26.4. The summed E-state index contributed by atoms with van der Waals surface area (Å²) in [5, 5.41) is 3.99. The van der Waals surface area contributed by atoms with Gasteiger partial charge in [0.2, 0.25) is 5.91 Å². The number of aryl methyl sites for hydroxylation is 2. The van der Waals surface area contributed by atoms with E-state index in [1.807, 2.05) is 0 Å². The lowest BCUT2D eigenvalue weighted by atomic mass is 10.2. The summed E-state index contributed by atoms with van der Waals surface area (Å²) in [7, 11) is -3.75. The fourth-order valence-electron chi connectivity index (χ4n) is 2.58. The van der Waals surface area contributed by atoms with E-state index < -0.39 is 10.0 Å². The molecule has 0 unspecified atom stereocenters. The lowest BCUT2D eigenvalue weighted by Crippen LogP contribution is -2.24. The molecular weight excluding hydrogens is 302 g/mol. The standard InChI is InChI=1S/C15H17N3O3S/c1-11-5-6-13(17-8-3-4-15(17)19)10-14(11)22(20,21)18-9-7-12(2)16-18/h5-7,9-10H,3-4,8H2,1-2H3. The fraction of sp³-hybridized carbons (Fsp3) is 0.333. The Morgan fingerprint density at radius 2 is 1.95 bits per heavy atom. The third kappa shape index (κ3) is 2.41. The molecule has 0 spiro atoms. The van der Waals surface area contributed by atoms with Crippen molar-refractivity contribution in [3.8, 4) is 0 Å². The molecule has 7 heteroatoms. The fourth-order valence-corrected chi connectivity index (χ4v) is 3.99. The number of carbonyl (C=O) groups is 1. The van der Waals surface area contributed by atoms with Crippen LogP contribution in [0.3, 0.4) is 0 Å². The minimum absolute atomic E-state index is 0.0298. The van der Waals surface area contributed by atoms with E-state index in [0.717, 1.165) is 10.5 Å². The lowest BCUT2D eigenvalue weighted by Gasteiger charge is -2.17. The number of nitrogens with zero attached hydrogens (tertiary/aromatic N) is 3. The second-order valence-electron chi connectivity index (χ2n) is 5.43. The summed E-state index contributed by atoms with van der Waals surface area (Å²) in [4.78, 5) is 13.7. The Labute approximate surface area is 129 Å². The minimum atomic E-state index is -3.75. The number of hydrogen-bond acceptors (Lipinski definition) is 4. The van der Waals surface area contributed by atoms with Crippen LogP contribution in [0.5, 0.6) is 0 Å². The number of aromatic nitrogens is 2. The first-order chi connectivity index (χ1) is 10.4. The highest BCUT2D eigenvalue weighted by Crippen LogP contribution is 2.27. The van der Waals surface area contributed by atoms with Crippen LogP contribution in [0.1, 0.15) is 24.1 Å². The second-order valence-corrected chi connectivity index (χ2v) is 7.20. The predicted octanol–water partition coefficient (Wildman–Crippen LogP) is 1.86. The van der Waals surface area contributed by atoms with Gasteiger partial charge in [-0.05, 0) is 44.0 Å². The number of benzene rings is 1. The van der Waals surface area contributed by atoms with Crippen molar-refractivity contribution in [1.29, 1.82) is 0 Å². The highest BCUT2D eigenvalue weighted by atomic mass is 32.2. The molecule has 22 heavy (non-hydrogen) atoms. The zero-order valence-electron chi connectivity index (χ0n) is 12.5. The molecule has 0 atom stereocenters. The maximum absolute atomic E-state index is 12.7. The molecule has 1 fully saturated rings. The number of carbonyl (C=O) groups excluding carboxylic acids is 1. The first kappa shape index (κ1) is 14.8. The van der Waals surface area contributed by atoms with Crippen LogP contribution < -0.4 is 4.90 Å². The Hall–Kier alpha value is -2.15. The highest BCUT2D eigenvalue weighted by molar-refractivity contribution is 7.89. The van der Waals surface area contributed by atoms with Crippen molar-refractivity contribution in [3.63, 3.8) is 0 Å². The Morgan fingerprint density at radius 3 is 2.55 bits per heavy atom. The summed E-state index contributed by atoms with van der Waals surface area (Å²) in [6, 6.07) is 6.71. The maximum Gasteiger partial charge on any atom is 0.283 e. The first-order valence-corrected chi connectivity index (χ1v) is 8.52. The van der Waals surface area contributed by atoms with Gasteiger partial charge < -0.3 is 4.90 Å². The second kappa shape index (κ2) is 5.24. The van der Waals surface area contributed by atoms with Gasteiger partial charge in [0.05, 0.1) is 10.6 Å². The molecule has 6 nitrogen and oxygen atoms in total. The van der Waals surface area contributed by atoms with Crippen molar-refractivity contribution >= 4 is 21.6 Å². The molecule has 1 aliphatic rings. The molecule has 2 aromatic rings. The van der Waals surface area contributed by atoms with Crippen molar-refractivity contribution in [2.75, 3.05) is 11.4 Å². The van der Waals surface area contributed by atoms with E-state index in [1.54, 1.807) is 43.0 Å². The largest absolute Gasteiger partial charge is 0.312 e. The Bertz CT molecular complexity index is 839. The van der Waals surface area contributed by atoms with E-state index in [2.05, 4.69) is 5.10 Å². The monoisotopic (exact) mass is 319 g/mol. The van der Waals surface area contributed by atoms with Gasteiger partial charge in [-0.2, -0.15) is 17.6 Å². The topological polar surface area (TPSA) is 72.3 Å². The van der Waals surface area contributed by atoms with Crippen LogP contribution in [-0.2, 0) is 14.8 Å². The Kier molecular flexibility index (Phi) is 3.52. The molecule has 1 aromatic heterocycles. The normalized spacial score (nSPS) is 15.5. The van der Waals surface area contributed by atoms with E-state index in [9.17, 15) is 13.2 Å². The molecule has 0 radical (unpaired) electrons. The molecule has 3 rings (SSSR count). The van der Waals surface area contributed by atoms with Gasteiger partial charge in [-0.15, -0.1) is 0 Å². The van der Waals surface area contributed by atoms with Crippen LogP contribution in [-0.4, -0.2) is 30.1 Å². The summed E-state index contributed by atoms with van der Waals surface area (Å²) in [5.41, 5.74) is 1.88. The van der Waals surface area contributed by atoms with Crippen LogP contribution in [0.15, 0.2) is 35.4 Å². The summed E-state index contributed by atoms with van der Waals surface area (Å²) in [6.45, 7) is 4.10. The minimum Gasteiger partial charge on any atom is -0.312 e. The summed E-state index contributed by atoms with van der Waals surface area (Å²) in [6.07, 6.45) is 2.74. The smallest absolute Gasteiger partial charge is 0.283 e. The molecular formula is C15H17N3O3S. The third-order valence-electron chi connectivity index (χ3n) is 3.78. The van der Waals surface area contributed by atoms with Crippen LogP contribution >= 0.6 is 0 Å². The van der Waals surface area contributed by atoms with Gasteiger partial charge in [0.15, 0.2) is 0 Å². The molecule has 116 valence electrons. The quantitative estimate of drug-likeness (QED) is 0.865. The van der Waals surface area contributed by atoms with Gasteiger partial charge in [-0.3, -0.25) is 4.79 Å². The van der Waals surface area contributed by atoms with Crippen LogP contribution in [0.2, 0.25) is 0 Å². The van der Waals surface area contributed by atoms with E-state index >= 15 is 0 Å². The zero-order valence-corrected chi connectivity index (χ0v) is 13.3. The maximum atomic E-state index is 12.7. The molecule has 0 saturated carbocycles. The van der Waals surface area contributed by atoms with Crippen molar-refractivity contribution < 1.29 is 13.2 Å². The van der Waals surface area contributed by atoms with Gasteiger partial charge in [-0.1, -0.05) is 6.07 Å². The molecule has 0 bridgehead atoms. The van der Waals surface area contributed by atoms with Gasteiger partial charge in [0.1, 0.15) is 0 Å². The van der Waals surface area contributed by atoms with Crippen LogP contribution in [0, 0.1) is 13.8 Å². The van der Waals surface area contributed by atoms with Crippen molar-refractivity contribution in [3.05, 3.63) is 41.7 Å². The van der Waals surface area contributed by atoms with Crippen molar-refractivity contribution in [1.82, 2.24) is 9.19 Å². The van der Waals surface area contributed by atoms with E-state index in [4.69, 9.17) is 0 Å². The lowest BCUT2D eigenvalue weighted by molar-refractivity contribution is -0.117. The number of amides is 1. The molecule has 1 amide bonds. The molecule has 1 aromatic carbocycles. The van der Waals surface area contributed by atoms with Gasteiger partial charge in [-0.25, -0.2) is 0 Å². The van der Waals surface area contributed by atoms with Crippen LogP contribution in [0.25, 0.3) is 0 Å².